The average Bonchev–Trinajstić information content (AvgIpc) is 2.29. The van der Waals surface area contributed by atoms with E-state index in [4.69, 9.17) is 17.4 Å². The fraction of sp³-hybridized carbons (Fsp3) is 0.300. The van der Waals surface area contributed by atoms with Gasteiger partial charge in [-0.2, -0.15) is 13.2 Å². The van der Waals surface area contributed by atoms with Crippen LogP contribution in [0.1, 0.15) is 12.5 Å². The van der Waals surface area contributed by atoms with Crippen molar-refractivity contribution in [2.75, 3.05) is 11.9 Å². The van der Waals surface area contributed by atoms with Gasteiger partial charge in [-0.05, 0) is 25.1 Å². The van der Waals surface area contributed by atoms with Gasteiger partial charge < -0.3 is 5.32 Å². The quantitative estimate of drug-likeness (QED) is 0.338. The first-order valence-corrected chi connectivity index (χ1v) is 5.41. The SMILES string of the molecule is CCN=C(NN)Nc1cc(C(F)(F)F)ccc1Cl. The highest BCUT2D eigenvalue weighted by molar-refractivity contribution is 6.33. The van der Waals surface area contributed by atoms with Gasteiger partial charge in [0.05, 0.1) is 16.3 Å². The Labute approximate surface area is 107 Å². The summed E-state index contributed by atoms with van der Waals surface area (Å²) < 4.78 is 37.6. The number of benzene rings is 1. The van der Waals surface area contributed by atoms with Gasteiger partial charge in [-0.15, -0.1) is 0 Å². The molecular weight excluding hydrogens is 269 g/mol. The van der Waals surface area contributed by atoms with Crippen LogP contribution in [0.15, 0.2) is 23.2 Å². The highest BCUT2D eigenvalue weighted by atomic mass is 35.5. The van der Waals surface area contributed by atoms with Crippen molar-refractivity contribution in [3.8, 4) is 0 Å². The Morgan fingerprint density at radius 2 is 2.11 bits per heavy atom. The fourth-order valence-electron chi connectivity index (χ4n) is 1.20. The molecule has 18 heavy (non-hydrogen) atoms. The van der Waals surface area contributed by atoms with Gasteiger partial charge in [-0.1, -0.05) is 11.6 Å². The molecule has 0 bridgehead atoms. The number of rotatable bonds is 2. The van der Waals surface area contributed by atoms with E-state index in [2.05, 4.69) is 15.7 Å². The minimum Gasteiger partial charge on any atom is -0.324 e. The van der Waals surface area contributed by atoms with E-state index >= 15 is 0 Å². The van der Waals surface area contributed by atoms with Crippen LogP contribution in [-0.4, -0.2) is 12.5 Å². The van der Waals surface area contributed by atoms with Crippen LogP contribution in [0.2, 0.25) is 5.02 Å². The molecule has 0 unspecified atom stereocenters. The third kappa shape index (κ3) is 3.78. The molecule has 0 fully saturated rings. The normalized spacial score (nSPS) is 12.4. The van der Waals surface area contributed by atoms with E-state index in [1.165, 1.54) is 0 Å². The largest absolute Gasteiger partial charge is 0.416 e. The van der Waals surface area contributed by atoms with E-state index in [1.54, 1.807) is 6.92 Å². The standard InChI is InChI=1S/C10H12ClF3N4/c1-2-16-9(18-15)17-8-5-6(10(12,13)14)3-4-7(8)11/h3-5H,2,15H2,1H3,(H2,16,17,18). The Morgan fingerprint density at radius 1 is 1.44 bits per heavy atom. The van der Waals surface area contributed by atoms with Gasteiger partial charge in [-0.3, -0.25) is 10.4 Å². The molecule has 0 heterocycles. The zero-order valence-electron chi connectivity index (χ0n) is 9.48. The molecule has 4 N–H and O–H groups in total. The van der Waals surface area contributed by atoms with Crippen molar-refractivity contribution in [2.24, 2.45) is 10.8 Å². The molecule has 0 saturated carbocycles. The maximum Gasteiger partial charge on any atom is 0.416 e. The molecule has 0 saturated heterocycles. The molecule has 0 aliphatic rings. The van der Waals surface area contributed by atoms with E-state index in [0.717, 1.165) is 18.2 Å². The summed E-state index contributed by atoms with van der Waals surface area (Å²) in [6.07, 6.45) is -4.43. The number of hydrazine groups is 1. The molecule has 0 aliphatic carbocycles. The summed E-state index contributed by atoms with van der Waals surface area (Å²) in [6.45, 7) is 2.18. The number of nitrogens with one attached hydrogen (secondary N) is 2. The minimum absolute atomic E-state index is 0.0802. The molecule has 1 aromatic rings. The number of guanidine groups is 1. The summed E-state index contributed by atoms with van der Waals surface area (Å²) in [5, 5.41) is 2.73. The van der Waals surface area contributed by atoms with E-state index in [-0.39, 0.29) is 16.7 Å². The molecule has 1 aromatic carbocycles. The van der Waals surface area contributed by atoms with Crippen LogP contribution in [0.4, 0.5) is 18.9 Å². The monoisotopic (exact) mass is 280 g/mol. The van der Waals surface area contributed by atoms with E-state index < -0.39 is 11.7 Å². The number of anilines is 1. The number of nitrogens with two attached hydrogens (primary N) is 1. The van der Waals surface area contributed by atoms with Crippen molar-refractivity contribution in [3.63, 3.8) is 0 Å². The number of alkyl halides is 3. The van der Waals surface area contributed by atoms with Crippen molar-refractivity contribution in [1.82, 2.24) is 5.43 Å². The Bertz CT molecular complexity index is 445. The molecule has 1 rings (SSSR count). The molecular formula is C10H12ClF3N4. The van der Waals surface area contributed by atoms with Crippen molar-refractivity contribution < 1.29 is 13.2 Å². The molecule has 0 aliphatic heterocycles. The van der Waals surface area contributed by atoms with Crippen LogP contribution < -0.4 is 16.6 Å². The lowest BCUT2D eigenvalue weighted by molar-refractivity contribution is -0.137. The average molecular weight is 281 g/mol. The molecule has 4 nitrogen and oxygen atoms in total. The lowest BCUT2D eigenvalue weighted by Gasteiger charge is -2.13. The van der Waals surface area contributed by atoms with Gasteiger partial charge in [0.1, 0.15) is 0 Å². The van der Waals surface area contributed by atoms with E-state index in [0.29, 0.717) is 6.54 Å². The van der Waals surface area contributed by atoms with Crippen LogP contribution in [0.25, 0.3) is 0 Å². The number of halogens is 4. The first-order chi connectivity index (χ1) is 8.38. The van der Waals surface area contributed by atoms with Crippen LogP contribution in [0.5, 0.6) is 0 Å². The van der Waals surface area contributed by atoms with Crippen molar-refractivity contribution in [1.29, 1.82) is 0 Å². The lowest BCUT2D eigenvalue weighted by atomic mass is 10.2. The molecule has 0 spiro atoms. The van der Waals surface area contributed by atoms with E-state index in [1.807, 2.05) is 0 Å². The Hall–Kier alpha value is -1.47. The summed E-state index contributed by atoms with van der Waals surface area (Å²) in [5.74, 6) is 5.31. The minimum atomic E-state index is -4.43. The van der Waals surface area contributed by atoms with Crippen molar-refractivity contribution in [3.05, 3.63) is 28.8 Å². The predicted molar refractivity (Wildman–Crippen MR) is 65.4 cm³/mol. The number of hydrogen-bond donors (Lipinski definition) is 3. The van der Waals surface area contributed by atoms with Gasteiger partial charge >= 0.3 is 6.18 Å². The molecule has 100 valence electrons. The third-order valence-electron chi connectivity index (χ3n) is 2.00. The van der Waals surface area contributed by atoms with Gasteiger partial charge in [0.25, 0.3) is 0 Å². The van der Waals surface area contributed by atoms with Gasteiger partial charge in [0, 0.05) is 6.54 Å². The highest BCUT2D eigenvalue weighted by Crippen LogP contribution is 2.33. The van der Waals surface area contributed by atoms with Crippen molar-refractivity contribution in [2.45, 2.75) is 13.1 Å². The number of nitrogens with zero attached hydrogens (tertiary/aromatic N) is 1. The molecule has 0 aromatic heterocycles. The van der Waals surface area contributed by atoms with Gasteiger partial charge in [0.2, 0.25) is 5.96 Å². The predicted octanol–water partition coefficient (Wildman–Crippen LogP) is 2.61. The molecule has 0 amide bonds. The zero-order valence-corrected chi connectivity index (χ0v) is 10.2. The Kier molecular flexibility index (Phi) is 4.80. The fourth-order valence-corrected chi connectivity index (χ4v) is 1.37. The molecule has 8 heteroatoms. The summed E-state index contributed by atoms with van der Waals surface area (Å²) in [5.41, 5.74) is 1.51. The summed E-state index contributed by atoms with van der Waals surface area (Å²) >= 11 is 5.79. The summed E-state index contributed by atoms with van der Waals surface area (Å²) in [4.78, 5) is 3.90. The highest BCUT2D eigenvalue weighted by Gasteiger charge is 2.31. The Morgan fingerprint density at radius 3 is 2.61 bits per heavy atom. The molecule has 0 radical (unpaired) electrons. The van der Waals surface area contributed by atoms with Crippen molar-refractivity contribution >= 4 is 23.2 Å². The smallest absolute Gasteiger partial charge is 0.324 e. The second-order valence-corrected chi connectivity index (χ2v) is 3.69. The van der Waals surface area contributed by atoms with Crippen LogP contribution in [0, 0.1) is 0 Å². The zero-order chi connectivity index (χ0) is 13.8. The number of hydrogen-bond acceptors (Lipinski definition) is 2. The van der Waals surface area contributed by atoms with Crippen LogP contribution in [0.3, 0.4) is 0 Å². The Balaban J connectivity index is 3.05. The molecule has 0 atom stereocenters. The first-order valence-electron chi connectivity index (χ1n) is 5.03. The third-order valence-corrected chi connectivity index (χ3v) is 2.33. The first kappa shape index (κ1) is 14.6. The number of aliphatic imine (C=N–C) groups is 1. The summed E-state index contributed by atoms with van der Waals surface area (Å²) in [7, 11) is 0. The van der Waals surface area contributed by atoms with Gasteiger partial charge in [0.15, 0.2) is 0 Å². The lowest BCUT2D eigenvalue weighted by Crippen LogP contribution is -2.36. The van der Waals surface area contributed by atoms with Crippen LogP contribution >= 0.6 is 11.6 Å². The second kappa shape index (κ2) is 5.92. The van der Waals surface area contributed by atoms with E-state index in [9.17, 15) is 13.2 Å². The second-order valence-electron chi connectivity index (χ2n) is 3.28. The topological polar surface area (TPSA) is 62.4 Å². The summed E-state index contributed by atoms with van der Waals surface area (Å²) in [6, 6.07) is 2.96. The maximum atomic E-state index is 12.5. The van der Waals surface area contributed by atoms with Gasteiger partial charge in [-0.25, -0.2) is 5.84 Å². The van der Waals surface area contributed by atoms with Crippen LogP contribution in [-0.2, 0) is 6.18 Å². The maximum absolute atomic E-state index is 12.5.